The van der Waals surface area contributed by atoms with Crippen LogP contribution in [0, 0.1) is 11.5 Å². The number of carbonyl (C=O) groups excluding carboxylic acids is 2. The molecule has 2 aromatic rings. The van der Waals surface area contributed by atoms with Gasteiger partial charge >= 0.3 is 6.19 Å². The quantitative estimate of drug-likeness (QED) is 0.455. The van der Waals surface area contributed by atoms with Crippen LogP contribution in [0.2, 0.25) is 5.02 Å². The predicted molar refractivity (Wildman–Crippen MR) is 108 cm³/mol. The van der Waals surface area contributed by atoms with Gasteiger partial charge in [-0.25, -0.2) is 4.90 Å². The minimum atomic E-state index is -0.472. The number of halogens is 1. The lowest BCUT2D eigenvalue weighted by atomic mass is 10.1. The lowest BCUT2D eigenvalue weighted by molar-refractivity contribution is -0.123. The molecule has 0 bridgehead atoms. The molecule has 2 fully saturated rings. The molecule has 0 unspecified atom stereocenters. The van der Waals surface area contributed by atoms with E-state index in [9.17, 15) is 14.9 Å². The van der Waals surface area contributed by atoms with Gasteiger partial charge in [0.1, 0.15) is 18.8 Å². The summed E-state index contributed by atoms with van der Waals surface area (Å²) >= 11 is 5.91. The zero-order chi connectivity index (χ0) is 19.7. The van der Waals surface area contributed by atoms with Crippen molar-refractivity contribution in [2.45, 2.75) is 12.5 Å². The van der Waals surface area contributed by atoms with Crippen LogP contribution < -0.4 is 9.38 Å². The van der Waals surface area contributed by atoms with Gasteiger partial charge in [-0.2, -0.15) is 4.48 Å². The highest BCUT2D eigenvalue weighted by atomic mass is 35.5. The number of hydrogen-bond acceptors (Lipinski definition) is 4. The Balaban J connectivity index is 1.49. The molecule has 2 amide bonds. The number of anilines is 1. The molecule has 142 valence electrons. The predicted octanol–water partition coefficient (Wildman–Crippen LogP) is 2.78. The van der Waals surface area contributed by atoms with Crippen LogP contribution in [0.5, 0.6) is 0 Å². The van der Waals surface area contributed by atoms with Gasteiger partial charge in [-0.15, -0.1) is 5.26 Å². The molecule has 4 rings (SSSR count). The maximum atomic E-state index is 13.0. The third-order valence-corrected chi connectivity index (χ3v) is 5.88. The van der Waals surface area contributed by atoms with Gasteiger partial charge in [0.05, 0.1) is 31.2 Å². The topological polar surface area (TPSA) is 64.4 Å². The third-order valence-electron chi connectivity index (χ3n) is 5.63. The molecule has 0 spiro atoms. The van der Waals surface area contributed by atoms with Crippen molar-refractivity contribution in [2.75, 3.05) is 31.1 Å². The van der Waals surface area contributed by atoms with E-state index in [1.54, 1.807) is 24.3 Å². The lowest BCUT2D eigenvalue weighted by Crippen LogP contribution is -2.60. The molecule has 0 saturated carbocycles. The number of amides is 2. The van der Waals surface area contributed by atoms with Crippen LogP contribution >= 0.6 is 11.6 Å². The second-order valence-corrected chi connectivity index (χ2v) is 7.59. The van der Waals surface area contributed by atoms with E-state index < -0.39 is 6.04 Å². The molecule has 2 aromatic carbocycles. The van der Waals surface area contributed by atoms with Gasteiger partial charge in [-0.1, -0.05) is 29.8 Å². The first kappa shape index (κ1) is 18.6. The molecule has 0 aliphatic carbocycles. The molecule has 0 radical (unpaired) electrons. The Labute approximate surface area is 168 Å². The molecule has 2 saturated heterocycles. The maximum absolute atomic E-state index is 13.0. The third kappa shape index (κ3) is 3.18. The fraction of sp³-hybridized carbons (Fsp3) is 0.286. The molecule has 2 aliphatic rings. The zero-order valence-corrected chi connectivity index (χ0v) is 16.0. The fourth-order valence-corrected chi connectivity index (χ4v) is 4.15. The Morgan fingerprint density at radius 1 is 1.00 bits per heavy atom. The number of imide groups is 1. The first-order chi connectivity index (χ1) is 13.5. The highest BCUT2D eigenvalue weighted by Gasteiger charge is 2.46. The largest absolute Gasteiger partial charge is 0.314 e. The normalized spacial score (nSPS) is 22.3. The molecule has 2 aliphatic heterocycles. The Kier molecular flexibility index (Phi) is 4.90. The second kappa shape index (κ2) is 7.36. The van der Waals surface area contributed by atoms with Crippen LogP contribution in [0.25, 0.3) is 0 Å². The van der Waals surface area contributed by atoms with Crippen molar-refractivity contribution in [2.24, 2.45) is 0 Å². The summed E-state index contributed by atoms with van der Waals surface area (Å²) < 4.78 is 0.229. The fourth-order valence-electron chi connectivity index (χ4n) is 4.03. The van der Waals surface area contributed by atoms with Crippen molar-refractivity contribution in [1.29, 1.82) is 5.26 Å². The Bertz CT molecular complexity index is 931. The SMILES string of the molecule is N#C[N+]1(c2ccccc2)CCN([C@@H]2CC(=O)N(c3ccc(Cl)cc3)C2=O)CC1. The molecule has 1 atom stereocenters. The summed E-state index contributed by atoms with van der Waals surface area (Å²) in [6, 6.07) is 16.0. The van der Waals surface area contributed by atoms with Gasteiger partial charge in [-0.05, 0) is 24.3 Å². The first-order valence-electron chi connectivity index (χ1n) is 9.24. The van der Waals surface area contributed by atoms with E-state index in [2.05, 4.69) is 6.19 Å². The summed E-state index contributed by atoms with van der Waals surface area (Å²) in [5.41, 5.74) is 1.51. The summed E-state index contributed by atoms with van der Waals surface area (Å²) in [6.07, 6.45) is 2.61. The van der Waals surface area contributed by atoms with Crippen LogP contribution in [-0.4, -0.2) is 48.9 Å². The minimum absolute atomic E-state index is 0.166. The number of quaternary nitrogens is 1. The van der Waals surface area contributed by atoms with Gasteiger partial charge in [0.25, 0.3) is 5.91 Å². The average Bonchev–Trinajstić information content (AvgIpc) is 3.03. The average molecular weight is 396 g/mol. The molecular weight excluding hydrogens is 376 g/mol. The van der Waals surface area contributed by atoms with E-state index in [1.807, 2.05) is 35.2 Å². The van der Waals surface area contributed by atoms with E-state index in [0.717, 1.165) is 5.69 Å². The van der Waals surface area contributed by atoms with E-state index in [0.29, 0.717) is 36.9 Å². The standard InChI is InChI=1S/C21H20ClN4O2/c22-16-6-8-17(9-7-16)25-20(27)14-19(21(25)28)24-10-12-26(15-23,13-11-24)18-4-2-1-3-5-18/h1-9,19H,10-14H2/q+1/t19-/m1/s1. The second-order valence-electron chi connectivity index (χ2n) is 7.15. The van der Waals surface area contributed by atoms with Crippen molar-refractivity contribution in [3.8, 4) is 6.19 Å². The van der Waals surface area contributed by atoms with E-state index in [-0.39, 0.29) is 22.7 Å². The van der Waals surface area contributed by atoms with E-state index in [1.165, 1.54) is 4.90 Å². The van der Waals surface area contributed by atoms with Crippen molar-refractivity contribution >= 4 is 34.8 Å². The number of carbonyl (C=O) groups is 2. The highest BCUT2D eigenvalue weighted by Crippen LogP contribution is 2.30. The Morgan fingerprint density at radius 2 is 1.64 bits per heavy atom. The lowest BCUT2D eigenvalue weighted by Gasteiger charge is -2.39. The molecule has 28 heavy (non-hydrogen) atoms. The highest BCUT2D eigenvalue weighted by molar-refractivity contribution is 6.30. The number of para-hydroxylation sites is 1. The van der Waals surface area contributed by atoms with Gasteiger partial charge in [-0.3, -0.25) is 14.5 Å². The minimum Gasteiger partial charge on any atom is -0.280 e. The van der Waals surface area contributed by atoms with Crippen LogP contribution in [0.3, 0.4) is 0 Å². The monoisotopic (exact) mass is 395 g/mol. The Morgan fingerprint density at radius 3 is 2.25 bits per heavy atom. The summed E-state index contributed by atoms with van der Waals surface area (Å²) in [5.74, 6) is -0.406. The van der Waals surface area contributed by atoms with Crippen LogP contribution in [0.4, 0.5) is 11.4 Å². The van der Waals surface area contributed by atoms with Gasteiger partial charge in [0.15, 0.2) is 0 Å². The van der Waals surface area contributed by atoms with Crippen molar-refractivity contribution in [3.05, 3.63) is 59.6 Å². The van der Waals surface area contributed by atoms with Crippen LogP contribution in [-0.2, 0) is 9.59 Å². The number of benzene rings is 2. The molecular formula is C21H20ClN4O2+. The van der Waals surface area contributed by atoms with Crippen LogP contribution in [0.15, 0.2) is 54.6 Å². The van der Waals surface area contributed by atoms with Gasteiger partial charge in [0.2, 0.25) is 5.91 Å². The summed E-state index contributed by atoms with van der Waals surface area (Å²) in [4.78, 5) is 28.8. The zero-order valence-electron chi connectivity index (χ0n) is 15.3. The summed E-state index contributed by atoms with van der Waals surface area (Å²) in [6.45, 7) is 2.33. The summed E-state index contributed by atoms with van der Waals surface area (Å²) in [7, 11) is 0. The first-order valence-corrected chi connectivity index (χ1v) is 9.62. The maximum Gasteiger partial charge on any atom is 0.314 e. The molecule has 6 nitrogen and oxygen atoms in total. The van der Waals surface area contributed by atoms with Crippen molar-refractivity contribution in [3.63, 3.8) is 0 Å². The molecule has 2 heterocycles. The number of piperazine rings is 1. The number of nitrogens with zero attached hydrogens (tertiary/aromatic N) is 4. The summed E-state index contributed by atoms with van der Waals surface area (Å²) in [5, 5.41) is 10.4. The van der Waals surface area contributed by atoms with Crippen molar-refractivity contribution < 1.29 is 9.59 Å². The van der Waals surface area contributed by atoms with Crippen molar-refractivity contribution in [1.82, 2.24) is 9.38 Å². The smallest absolute Gasteiger partial charge is 0.280 e. The van der Waals surface area contributed by atoms with E-state index >= 15 is 0 Å². The molecule has 0 aromatic heterocycles. The Hall–Kier alpha value is -2.72. The van der Waals surface area contributed by atoms with Gasteiger partial charge < -0.3 is 0 Å². The van der Waals surface area contributed by atoms with Crippen LogP contribution in [0.1, 0.15) is 6.42 Å². The van der Waals surface area contributed by atoms with E-state index in [4.69, 9.17) is 11.6 Å². The molecule has 0 N–H and O–H groups in total. The van der Waals surface area contributed by atoms with Gasteiger partial charge in [0, 0.05) is 17.2 Å². The number of hydrogen-bond donors (Lipinski definition) is 0. The molecule has 7 heteroatoms. The number of nitriles is 1. The number of rotatable bonds is 3.